The van der Waals surface area contributed by atoms with Gasteiger partial charge in [-0.1, -0.05) is 59.1 Å². The molecule has 3 aromatic carbocycles. The Hall–Kier alpha value is -4.16. The number of sulfonamides is 1. The zero-order valence-electron chi connectivity index (χ0n) is 22.5. The Morgan fingerprint density at radius 1 is 0.952 bits per heavy atom. The maximum atomic E-state index is 13.6. The van der Waals surface area contributed by atoms with Crippen LogP contribution >= 0.6 is 23.2 Å². The summed E-state index contributed by atoms with van der Waals surface area (Å²) in [4.78, 5) is 24.5. The molecule has 218 valence electrons. The maximum absolute atomic E-state index is 13.6. The van der Waals surface area contributed by atoms with E-state index < -0.39 is 21.8 Å². The van der Waals surface area contributed by atoms with Crippen molar-refractivity contribution >= 4 is 56.9 Å². The first kappa shape index (κ1) is 30.8. The largest absolute Gasteiger partial charge is 0.495 e. The van der Waals surface area contributed by atoms with Gasteiger partial charge < -0.3 is 14.5 Å². The number of furan rings is 1. The maximum Gasteiger partial charge on any atom is 0.329 e. The molecule has 2 amide bonds. The number of aryl methyl sites for hydroxylation is 1. The van der Waals surface area contributed by atoms with Crippen molar-refractivity contribution in [3.05, 3.63) is 112 Å². The van der Waals surface area contributed by atoms with Crippen molar-refractivity contribution in [3.63, 3.8) is 0 Å². The quantitative estimate of drug-likeness (QED) is 0.138. The van der Waals surface area contributed by atoms with Crippen LogP contribution in [0.3, 0.4) is 0 Å². The Bertz CT molecular complexity index is 1720. The monoisotopic (exact) mass is 628 g/mol. The molecule has 1 aromatic heterocycles. The van der Waals surface area contributed by atoms with Gasteiger partial charge in [-0.2, -0.15) is 9.41 Å². The number of nitrogens with one attached hydrogen (secondary N) is 2. The number of carbonyl (C=O) groups excluding carboxylic acids is 2. The molecule has 0 unspecified atom stereocenters. The molecule has 0 aliphatic rings. The lowest BCUT2D eigenvalue weighted by atomic mass is 10.2. The number of halogens is 2. The minimum Gasteiger partial charge on any atom is -0.495 e. The van der Waals surface area contributed by atoms with Crippen molar-refractivity contribution in [1.82, 2.24) is 9.73 Å². The molecule has 4 rings (SSSR count). The van der Waals surface area contributed by atoms with E-state index >= 15 is 0 Å². The number of rotatable bonds is 10. The van der Waals surface area contributed by atoms with Gasteiger partial charge in [-0.15, -0.1) is 0 Å². The van der Waals surface area contributed by atoms with Crippen LogP contribution < -0.4 is 15.5 Å². The van der Waals surface area contributed by atoms with Gasteiger partial charge >= 0.3 is 11.8 Å². The number of carbonyl (C=O) groups is 2. The van der Waals surface area contributed by atoms with Gasteiger partial charge in [0, 0.05) is 6.54 Å². The van der Waals surface area contributed by atoms with E-state index in [1.54, 1.807) is 78.9 Å². The highest BCUT2D eigenvalue weighted by atomic mass is 35.5. The van der Waals surface area contributed by atoms with Crippen LogP contribution in [0.2, 0.25) is 10.0 Å². The van der Waals surface area contributed by atoms with Crippen molar-refractivity contribution in [1.29, 1.82) is 0 Å². The van der Waals surface area contributed by atoms with Crippen LogP contribution in [0.5, 0.6) is 5.75 Å². The molecule has 4 aromatic rings. The third-order valence-electron chi connectivity index (χ3n) is 5.94. The van der Waals surface area contributed by atoms with Crippen molar-refractivity contribution < 1.29 is 27.2 Å². The van der Waals surface area contributed by atoms with E-state index in [-0.39, 0.29) is 23.7 Å². The first-order valence-corrected chi connectivity index (χ1v) is 14.6. The minimum atomic E-state index is -3.94. The number of benzene rings is 3. The molecule has 0 atom stereocenters. The number of hydrazone groups is 1. The van der Waals surface area contributed by atoms with Crippen molar-refractivity contribution in [3.8, 4) is 5.75 Å². The van der Waals surface area contributed by atoms with Gasteiger partial charge in [0.05, 0.1) is 40.5 Å². The predicted octanol–water partition coefficient (Wildman–Crippen LogP) is 5.38. The molecule has 42 heavy (non-hydrogen) atoms. The summed E-state index contributed by atoms with van der Waals surface area (Å²) in [6, 6.07) is 21.2. The van der Waals surface area contributed by atoms with Gasteiger partial charge in [0.1, 0.15) is 17.3 Å². The normalized spacial score (nSPS) is 11.5. The van der Waals surface area contributed by atoms with E-state index in [2.05, 4.69) is 15.8 Å². The summed E-state index contributed by atoms with van der Waals surface area (Å²) in [6.45, 7) is 1.75. The number of nitrogens with zero attached hydrogens (tertiary/aromatic N) is 2. The summed E-state index contributed by atoms with van der Waals surface area (Å²) in [5, 5.41) is 6.86. The second-order valence-electron chi connectivity index (χ2n) is 8.99. The smallest absolute Gasteiger partial charge is 0.329 e. The van der Waals surface area contributed by atoms with Crippen LogP contribution in [-0.4, -0.2) is 37.9 Å². The first-order valence-electron chi connectivity index (χ1n) is 12.4. The molecule has 1 heterocycles. The van der Waals surface area contributed by atoms with Crippen LogP contribution in [-0.2, 0) is 32.7 Å². The Morgan fingerprint density at radius 3 is 2.40 bits per heavy atom. The summed E-state index contributed by atoms with van der Waals surface area (Å²) in [6.07, 6.45) is 1.19. The van der Waals surface area contributed by atoms with Gasteiger partial charge in [-0.05, 0) is 61.0 Å². The molecule has 0 radical (unpaired) electrons. The van der Waals surface area contributed by atoms with Gasteiger partial charge in [0.2, 0.25) is 10.0 Å². The van der Waals surface area contributed by atoms with Crippen molar-refractivity contribution in [2.75, 3.05) is 12.4 Å². The van der Waals surface area contributed by atoms with Crippen LogP contribution in [0.15, 0.2) is 93.3 Å². The fraction of sp³-hybridized carbons (Fsp3) is 0.138. The first-order chi connectivity index (χ1) is 20.1. The third-order valence-corrected chi connectivity index (χ3v) is 8.48. The van der Waals surface area contributed by atoms with E-state index in [4.69, 9.17) is 32.4 Å². The zero-order valence-corrected chi connectivity index (χ0v) is 24.8. The lowest BCUT2D eigenvalue weighted by Crippen LogP contribution is -2.32. The molecule has 0 bridgehead atoms. The summed E-state index contributed by atoms with van der Waals surface area (Å²) in [5.74, 6) is -1.04. The number of hydrogen-bond donors (Lipinski definition) is 2. The Balaban J connectivity index is 1.46. The average Bonchev–Trinajstić information content (AvgIpc) is 3.42. The number of ether oxygens (including phenoxy) is 1. The minimum absolute atomic E-state index is 0.00537. The summed E-state index contributed by atoms with van der Waals surface area (Å²) in [7, 11) is -2.50. The molecular weight excluding hydrogens is 603 g/mol. The molecule has 10 nitrogen and oxygen atoms in total. The van der Waals surface area contributed by atoms with Gasteiger partial charge in [0.25, 0.3) is 0 Å². The van der Waals surface area contributed by atoms with Crippen molar-refractivity contribution in [2.24, 2.45) is 5.10 Å². The van der Waals surface area contributed by atoms with Gasteiger partial charge in [0.15, 0.2) is 0 Å². The molecule has 2 N–H and O–H groups in total. The zero-order chi connectivity index (χ0) is 30.3. The summed E-state index contributed by atoms with van der Waals surface area (Å²) < 4.78 is 39.3. The van der Waals surface area contributed by atoms with Crippen LogP contribution in [0.25, 0.3) is 0 Å². The highest BCUT2D eigenvalue weighted by Gasteiger charge is 2.26. The highest BCUT2D eigenvalue weighted by molar-refractivity contribution is 7.89. The van der Waals surface area contributed by atoms with Crippen molar-refractivity contribution in [2.45, 2.75) is 24.9 Å². The molecule has 13 heteroatoms. The fourth-order valence-corrected chi connectivity index (χ4v) is 5.50. The number of para-hydroxylation sites is 2. The number of amides is 2. The van der Waals surface area contributed by atoms with Crippen LogP contribution in [0.4, 0.5) is 5.69 Å². The molecule has 0 saturated carbocycles. The predicted molar refractivity (Wildman–Crippen MR) is 160 cm³/mol. The highest BCUT2D eigenvalue weighted by Crippen LogP contribution is 2.27. The second kappa shape index (κ2) is 13.7. The van der Waals surface area contributed by atoms with Crippen LogP contribution in [0, 0.1) is 6.92 Å². The van der Waals surface area contributed by atoms with Crippen LogP contribution in [0.1, 0.15) is 22.6 Å². The Kier molecular flexibility index (Phi) is 10.0. The average molecular weight is 630 g/mol. The standard InChI is InChI=1S/C29H26Cl2N4O6S/c1-19-7-12-23(13-8-19)42(38,39)35(17-20-9-14-24(30)25(31)15-20)18-22-11-10-21(41-22)16-32-34-29(37)28(36)33-26-5-3-4-6-27(26)40-2/h3-16H,17-18H2,1-2H3,(H,33,36)(H,34,37)/b32-16+. The van der Waals surface area contributed by atoms with E-state index in [0.717, 1.165) is 5.56 Å². The Labute approximate surface area is 252 Å². The lowest BCUT2D eigenvalue weighted by Gasteiger charge is -2.22. The number of anilines is 1. The molecule has 0 saturated heterocycles. The molecule has 0 aliphatic carbocycles. The van der Waals surface area contributed by atoms with E-state index in [1.807, 2.05) is 6.92 Å². The molecular formula is C29H26Cl2N4O6S. The topological polar surface area (TPSA) is 130 Å². The number of methoxy groups -OCH3 is 1. The van der Waals surface area contributed by atoms with E-state index in [9.17, 15) is 18.0 Å². The Morgan fingerprint density at radius 2 is 1.69 bits per heavy atom. The molecule has 0 fully saturated rings. The molecule has 0 spiro atoms. The van der Waals surface area contributed by atoms with Gasteiger partial charge in [-0.3, -0.25) is 9.59 Å². The van der Waals surface area contributed by atoms with E-state index in [0.29, 0.717) is 32.8 Å². The second-order valence-corrected chi connectivity index (χ2v) is 11.7. The molecule has 0 aliphatic heterocycles. The summed E-state index contributed by atoms with van der Waals surface area (Å²) >= 11 is 12.2. The summed E-state index contributed by atoms with van der Waals surface area (Å²) in [5.41, 5.74) is 3.99. The fourth-order valence-electron chi connectivity index (χ4n) is 3.78. The van der Waals surface area contributed by atoms with E-state index in [1.165, 1.54) is 17.6 Å². The third kappa shape index (κ3) is 7.77. The number of hydrogen-bond acceptors (Lipinski definition) is 7. The van der Waals surface area contributed by atoms with Gasteiger partial charge in [-0.25, -0.2) is 13.8 Å². The SMILES string of the molecule is COc1ccccc1NC(=O)C(=O)N/N=C/c1ccc(CN(Cc2ccc(Cl)c(Cl)c2)S(=O)(=O)c2ccc(C)cc2)o1. The lowest BCUT2D eigenvalue weighted by molar-refractivity contribution is -0.136.